The number of aryl methyl sites for hydroxylation is 1. The lowest BCUT2D eigenvalue weighted by atomic mass is 10.1. The monoisotopic (exact) mass is 372 g/mol. The van der Waals surface area contributed by atoms with Crippen molar-refractivity contribution in [2.45, 2.75) is 13.3 Å². The summed E-state index contributed by atoms with van der Waals surface area (Å²) in [4.78, 5) is 30.4. The number of nitrogens with zero attached hydrogens (tertiary/aromatic N) is 4. The molecule has 1 aromatic heterocycles. The molecule has 2 amide bonds. The van der Waals surface area contributed by atoms with Gasteiger partial charge in [0, 0.05) is 45.2 Å². The molecule has 1 unspecified atom stereocenters. The van der Waals surface area contributed by atoms with E-state index in [1.807, 2.05) is 4.90 Å². The maximum atomic E-state index is 13.9. The Hall–Kier alpha value is -2.90. The number of rotatable bonds is 3. The van der Waals surface area contributed by atoms with Crippen LogP contribution in [-0.2, 0) is 9.59 Å². The molecule has 2 aliphatic rings. The van der Waals surface area contributed by atoms with Crippen LogP contribution in [0.4, 0.5) is 15.9 Å². The second-order valence-electron chi connectivity index (χ2n) is 6.96. The third kappa shape index (κ3) is 3.39. The summed E-state index contributed by atoms with van der Waals surface area (Å²) in [5.41, 5.74) is 0.563. The van der Waals surface area contributed by atoms with Crippen LogP contribution in [0.3, 0.4) is 0 Å². The number of carbonyl (C=O) groups is 2. The zero-order chi connectivity index (χ0) is 19.0. The molecule has 27 heavy (non-hydrogen) atoms. The average Bonchev–Trinajstić information content (AvgIpc) is 3.27. The van der Waals surface area contributed by atoms with Crippen molar-refractivity contribution in [3.8, 4) is 0 Å². The topological polar surface area (TPSA) is 69.9 Å². The summed E-state index contributed by atoms with van der Waals surface area (Å²) >= 11 is 0. The first-order chi connectivity index (χ1) is 13.0. The number of piperazine rings is 1. The standard InChI is InChI=1S/C19H21FN4O3/c1-13-10-17(21-27-13)24-12-14(11-18(24)25)19(26)23-8-6-22(7-9-23)16-5-3-2-4-15(16)20/h2-5,10,14H,6-9,11-12H2,1H3. The Balaban J connectivity index is 1.37. The highest BCUT2D eigenvalue weighted by molar-refractivity contribution is 5.99. The summed E-state index contributed by atoms with van der Waals surface area (Å²) in [5.74, 6) is 0.298. The van der Waals surface area contributed by atoms with Gasteiger partial charge in [-0.1, -0.05) is 17.3 Å². The van der Waals surface area contributed by atoms with E-state index < -0.39 is 0 Å². The lowest BCUT2D eigenvalue weighted by molar-refractivity contribution is -0.136. The fourth-order valence-corrected chi connectivity index (χ4v) is 3.71. The molecule has 0 spiro atoms. The molecule has 7 nitrogen and oxygen atoms in total. The molecule has 8 heteroatoms. The molecule has 0 radical (unpaired) electrons. The highest BCUT2D eigenvalue weighted by Gasteiger charge is 2.39. The Labute approximate surface area is 156 Å². The number of aromatic nitrogens is 1. The Morgan fingerprint density at radius 2 is 1.96 bits per heavy atom. The molecule has 0 N–H and O–H groups in total. The molecule has 0 aliphatic carbocycles. The number of carbonyl (C=O) groups excluding carboxylic acids is 2. The molecule has 2 saturated heterocycles. The van der Waals surface area contributed by atoms with Crippen LogP contribution in [0.1, 0.15) is 12.2 Å². The van der Waals surface area contributed by atoms with Crippen molar-refractivity contribution in [1.29, 1.82) is 0 Å². The number of para-hydroxylation sites is 1. The molecular weight excluding hydrogens is 351 g/mol. The van der Waals surface area contributed by atoms with Gasteiger partial charge in [-0.3, -0.25) is 14.5 Å². The van der Waals surface area contributed by atoms with E-state index >= 15 is 0 Å². The van der Waals surface area contributed by atoms with Crippen LogP contribution >= 0.6 is 0 Å². The van der Waals surface area contributed by atoms with Gasteiger partial charge in [0.1, 0.15) is 11.6 Å². The molecule has 2 aliphatic heterocycles. The normalized spacial score (nSPS) is 20.4. The molecule has 4 rings (SSSR count). The van der Waals surface area contributed by atoms with E-state index in [9.17, 15) is 14.0 Å². The minimum Gasteiger partial charge on any atom is -0.366 e. The maximum absolute atomic E-state index is 13.9. The van der Waals surface area contributed by atoms with E-state index in [1.165, 1.54) is 11.0 Å². The van der Waals surface area contributed by atoms with E-state index in [4.69, 9.17) is 4.52 Å². The third-order valence-corrected chi connectivity index (χ3v) is 5.15. The van der Waals surface area contributed by atoms with Gasteiger partial charge in [0.15, 0.2) is 5.82 Å². The van der Waals surface area contributed by atoms with Gasteiger partial charge in [0.25, 0.3) is 0 Å². The largest absolute Gasteiger partial charge is 0.366 e. The van der Waals surface area contributed by atoms with Gasteiger partial charge in [-0.05, 0) is 19.1 Å². The van der Waals surface area contributed by atoms with Crippen LogP contribution in [0, 0.1) is 18.7 Å². The number of hydrogen-bond acceptors (Lipinski definition) is 5. The van der Waals surface area contributed by atoms with Crippen molar-refractivity contribution in [2.75, 3.05) is 42.5 Å². The molecule has 1 aromatic carbocycles. The highest BCUT2D eigenvalue weighted by atomic mass is 19.1. The van der Waals surface area contributed by atoms with Gasteiger partial charge < -0.3 is 14.3 Å². The van der Waals surface area contributed by atoms with Crippen molar-refractivity contribution in [3.63, 3.8) is 0 Å². The summed E-state index contributed by atoms with van der Waals surface area (Å²) < 4.78 is 19.0. The molecule has 1 atom stereocenters. The average molecular weight is 372 g/mol. The molecule has 2 aromatic rings. The van der Waals surface area contributed by atoms with E-state index in [1.54, 1.807) is 36.1 Å². The van der Waals surface area contributed by atoms with Crippen LogP contribution in [-0.4, -0.2) is 54.6 Å². The molecule has 142 valence electrons. The maximum Gasteiger partial charge on any atom is 0.229 e. The number of halogens is 1. The highest BCUT2D eigenvalue weighted by Crippen LogP contribution is 2.27. The molecule has 0 bridgehead atoms. The summed E-state index contributed by atoms with van der Waals surface area (Å²) in [6, 6.07) is 8.35. The van der Waals surface area contributed by atoms with Gasteiger partial charge in [-0.15, -0.1) is 0 Å². The molecule has 3 heterocycles. The molecule has 0 saturated carbocycles. The van der Waals surface area contributed by atoms with E-state index in [-0.39, 0.29) is 30.0 Å². The SMILES string of the molecule is Cc1cc(N2CC(C(=O)N3CCN(c4ccccc4F)CC3)CC2=O)no1. The van der Waals surface area contributed by atoms with Crippen LogP contribution < -0.4 is 9.80 Å². The smallest absolute Gasteiger partial charge is 0.229 e. The first kappa shape index (κ1) is 17.5. The first-order valence-electron chi connectivity index (χ1n) is 9.05. The summed E-state index contributed by atoms with van der Waals surface area (Å²) in [5, 5.41) is 3.87. The molecular formula is C19H21FN4O3. The first-order valence-corrected chi connectivity index (χ1v) is 9.05. The molecule has 2 fully saturated rings. The van der Waals surface area contributed by atoms with Crippen LogP contribution in [0.5, 0.6) is 0 Å². The van der Waals surface area contributed by atoms with E-state index in [0.29, 0.717) is 50.0 Å². The van der Waals surface area contributed by atoms with Crippen LogP contribution in [0.15, 0.2) is 34.9 Å². The minimum atomic E-state index is -0.380. The minimum absolute atomic E-state index is 0.0285. The fourth-order valence-electron chi connectivity index (χ4n) is 3.71. The Morgan fingerprint density at radius 1 is 1.22 bits per heavy atom. The Morgan fingerprint density at radius 3 is 2.63 bits per heavy atom. The van der Waals surface area contributed by atoms with Crippen molar-refractivity contribution in [2.24, 2.45) is 5.92 Å². The van der Waals surface area contributed by atoms with Crippen molar-refractivity contribution >= 4 is 23.3 Å². The Bertz CT molecular complexity index is 860. The van der Waals surface area contributed by atoms with Gasteiger partial charge >= 0.3 is 0 Å². The van der Waals surface area contributed by atoms with Crippen molar-refractivity contribution < 1.29 is 18.5 Å². The van der Waals surface area contributed by atoms with Gasteiger partial charge in [0.2, 0.25) is 11.8 Å². The van der Waals surface area contributed by atoms with Crippen molar-refractivity contribution in [3.05, 3.63) is 41.9 Å². The Kier molecular flexibility index (Phi) is 4.55. The zero-order valence-electron chi connectivity index (χ0n) is 15.1. The van der Waals surface area contributed by atoms with Crippen LogP contribution in [0.2, 0.25) is 0 Å². The lowest BCUT2D eigenvalue weighted by Crippen LogP contribution is -2.51. The number of hydrogen-bond donors (Lipinski definition) is 0. The fraction of sp³-hybridized carbons (Fsp3) is 0.421. The number of benzene rings is 1. The van der Waals surface area contributed by atoms with Crippen molar-refractivity contribution in [1.82, 2.24) is 10.1 Å². The quantitative estimate of drug-likeness (QED) is 0.822. The predicted octanol–water partition coefficient (Wildman–Crippen LogP) is 1.82. The van der Waals surface area contributed by atoms with E-state index in [2.05, 4.69) is 5.16 Å². The van der Waals surface area contributed by atoms with E-state index in [0.717, 1.165) is 0 Å². The second kappa shape index (κ2) is 7.02. The van der Waals surface area contributed by atoms with Gasteiger partial charge in [-0.25, -0.2) is 4.39 Å². The predicted molar refractivity (Wildman–Crippen MR) is 96.9 cm³/mol. The summed E-state index contributed by atoms with van der Waals surface area (Å²) in [7, 11) is 0. The lowest BCUT2D eigenvalue weighted by Gasteiger charge is -2.37. The summed E-state index contributed by atoms with van der Waals surface area (Å²) in [6.07, 6.45) is 0.179. The number of anilines is 2. The van der Waals surface area contributed by atoms with Gasteiger partial charge in [0.05, 0.1) is 11.6 Å². The summed E-state index contributed by atoms with van der Waals surface area (Å²) in [6.45, 7) is 4.24. The van der Waals surface area contributed by atoms with Gasteiger partial charge in [-0.2, -0.15) is 0 Å². The second-order valence-corrected chi connectivity index (χ2v) is 6.96. The zero-order valence-corrected chi connectivity index (χ0v) is 15.1. The third-order valence-electron chi connectivity index (χ3n) is 5.15. The number of amides is 2. The van der Waals surface area contributed by atoms with Crippen LogP contribution in [0.25, 0.3) is 0 Å².